The molecule has 3 nitrogen and oxygen atoms in total. The average Bonchev–Trinajstić information content (AvgIpc) is 2.86. The van der Waals surface area contributed by atoms with Crippen molar-refractivity contribution in [1.29, 1.82) is 0 Å². The average molecular weight is 434 g/mol. The summed E-state index contributed by atoms with van der Waals surface area (Å²) >= 11 is 0. The van der Waals surface area contributed by atoms with Gasteiger partial charge in [0.2, 0.25) is 5.43 Å². The smallest absolute Gasteiger partial charge is 0.200 e. The van der Waals surface area contributed by atoms with E-state index in [2.05, 4.69) is 67.3 Å². The third-order valence-electron chi connectivity index (χ3n) is 6.46. The summed E-state index contributed by atoms with van der Waals surface area (Å²) in [4.78, 5) is 15.3. The van der Waals surface area contributed by atoms with Crippen LogP contribution in [0.3, 0.4) is 0 Å². The molecular formula is C30H27NO2. The number of rotatable bonds is 1. The Labute approximate surface area is 193 Å². The van der Waals surface area contributed by atoms with E-state index in [1.807, 2.05) is 56.3 Å². The molecule has 33 heavy (non-hydrogen) atoms. The van der Waals surface area contributed by atoms with Crippen molar-refractivity contribution in [3.05, 3.63) is 112 Å². The molecule has 0 saturated heterocycles. The maximum absolute atomic E-state index is 13.0. The van der Waals surface area contributed by atoms with Crippen molar-refractivity contribution in [2.75, 3.05) is 4.90 Å². The fraction of sp³-hybridized carbons (Fsp3) is 0.167. The minimum absolute atomic E-state index is 0.00368. The summed E-state index contributed by atoms with van der Waals surface area (Å²) in [5, 5.41) is 1.21. The molecule has 4 aromatic carbocycles. The third-order valence-corrected chi connectivity index (χ3v) is 6.46. The van der Waals surface area contributed by atoms with Gasteiger partial charge in [0.15, 0.2) is 0 Å². The number of benzene rings is 4. The van der Waals surface area contributed by atoms with Crippen LogP contribution >= 0.6 is 0 Å². The van der Waals surface area contributed by atoms with Gasteiger partial charge >= 0.3 is 0 Å². The summed E-state index contributed by atoms with van der Waals surface area (Å²) in [6.07, 6.45) is 0. The second-order valence-corrected chi connectivity index (χ2v) is 8.60. The molecule has 1 aliphatic heterocycles. The molecule has 164 valence electrons. The van der Waals surface area contributed by atoms with E-state index in [1.54, 1.807) is 0 Å². The van der Waals surface area contributed by atoms with Gasteiger partial charge in [-0.15, -0.1) is 0 Å². The first-order valence-corrected chi connectivity index (χ1v) is 11.5. The first-order chi connectivity index (χ1) is 16.1. The molecule has 0 unspecified atom stereocenters. The molecule has 0 atom stereocenters. The topological polar surface area (TPSA) is 33.5 Å². The number of hydrogen-bond donors (Lipinski definition) is 0. The summed E-state index contributed by atoms with van der Waals surface area (Å²) in [5.74, 6) is 0. The predicted molar refractivity (Wildman–Crippen MR) is 138 cm³/mol. The van der Waals surface area contributed by atoms with Crippen LogP contribution in [0.5, 0.6) is 0 Å². The van der Waals surface area contributed by atoms with Crippen LogP contribution in [0.15, 0.2) is 100 Å². The molecule has 0 radical (unpaired) electrons. The highest BCUT2D eigenvalue weighted by molar-refractivity contribution is 5.94. The Balaban J connectivity index is 0.00000111. The minimum atomic E-state index is -0.108. The van der Waals surface area contributed by atoms with Crippen molar-refractivity contribution in [1.82, 2.24) is 0 Å². The molecule has 0 amide bonds. The zero-order valence-electron chi connectivity index (χ0n) is 19.4. The Morgan fingerprint density at radius 2 is 1.21 bits per heavy atom. The lowest BCUT2D eigenvalue weighted by Crippen LogP contribution is -2.30. The van der Waals surface area contributed by atoms with Gasteiger partial charge in [-0.2, -0.15) is 0 Å². The second kappa shape index (κ2) is 7.93. The van der Waals surface area contributed by atoms with Crippen LogP contribution < -0.4 is 10.3 Å². The van der Waals surface area contributed by atoms with Gasteiger partial charge in [0, 0.05) is 17.2 Å². The second-order valence-electron chi connectivity index (χ2n) is 8.60. The van der Waals surface area contributed by atoms with Gasteiger partial charge in [-0.1, -0.05) is 76.2 Å². The maximum atomic E-state index is 13.0. The lowest BCUT2D eigenvalue weighted by atomic mass is 9.73. The summed E-state index contributed by atoms with van der Waals surface area (Å²) in [7, 11) is 0. The van der Waals surface area contributed by atoms with E-state index in [0.717, 1.165) is 17.1 Å². The largest absolute Gasteiger partial charge is 0.456 e. The Morgan fingerprint density at radius 1 is 0.667 bits per heavy atom. The van der Waals surface area contributed by atoms with Crippen molar-refractivity contribution in [3.8, 4) is 0 Å². The van der Waals surface area contributed by atoms with E-state index in [0.29, 0.717) is 21.9 Å². The van der Waals surface area contributed by atoms with Crippen LogP contribution in [0, 0.1) is 0 Å². The van der Waals surface area contributed by atoms with E-state index in [4.69, 9.17) is 4.42 Å². The van der Waals surface area contributed by atoms with Gasteiger partial charge in [-0.05, 0) is 47.5 Å². The lowest BCUT2D eigenvalue weighted by Gasteiger charge is -2.42. The highest BCUT2D eigenvalue weighted by Gasteiger charge is 2.36. The minimum Gasteiger partial charge on any atom is -0.456 e. The first kappa shape index (κ1) is 21.0. The van der Waals surface area contributed by atoms with E-state index < -0.39 is 0 Å². The van der Waals surface area contributed by atoms with Crippen LogP contribution in [0.25, 0.3) is 21.9 Å². The van der Waals surface area contributed by atoms with E-state index in [-0.39, 0.29) is 10.8 Å². The molecule has 2 heterocycles. The number of hydrogen-bond acceptors (Lipinski definition) is 3. The molecule has 0 spiro atoms. The lowest BCUT2D eigenvalue weighted by molar-refractivity contribution is 0.631. The molecular weight excluding hydrogens is 406 g/mol. The summed E-state index contributed by atoms with van der Waals surface area (Å²) in [6, 6.07) is 30.4. The molecule has 0 N–H and O–H groups in total. The van der Waals surface area contributed by atoms with Crippen molar-refractivity contribution in [2.24, 2.45) is 0 Å². The molecule has 0 saturated carbocycles. The van der Waals surface area contributed by atoms with E-state index >= 15 is 0 Å². The van der Waals surface area contributed by atoms with E-state index in [9.17, 15) is 4.79 Å². The Bertz CT molecular complexity index is 1500. The molecule has 1 aromatic heterocycles. The standard InChI is InChI=1S/C28H21NO2.C2H6/c1-28(2)21-10-4-6-12-23(21)29(24-13-7-5-11-22(24)28)18-15-16-20-26(17-18)31-25-14-8-3-9-19(25)27(20)30;1-2/h3-17H,1-2H3;1-2H3. The van der Waals surface area contributed by atoms with Gasteiger partial charge in [0.05, 0.1) is 22.1 Å². The molecule has 0 bridgehead atoms. The monoisotopic (exact) mass is 433 g/mol. The van der Waals surface area contributed by atoms with Crippen LogP contribution in [-0.2, 0) is 5.41 Å². The van der Waals surface area contributed by atoms with Crippen LogP contribution in [0.2, 0.25) is 0 Å². The van der Waals surface area contributed by atoms with Crippen LogP contribution in [0.1, 0.15) is 38.8 Å². The summed E-state index contributed by atoms with van der Waals surface area (Å²) < 4.78 is 6.15. The molecule has 5 aromatic rings. The molecule has 1 aliphatic rings. The molecule has 0 aliphatic carbocycles. The fourth-order valence-electron chi connectivity index (χ4n) is 4.88. The Kier molecular flexibility index (Phi) is 5.05. The van der Waals surface area contributed by atoms with Crippen LogP contribution in [-0.4, -0.2) is 0 Å². The Morgan fingerprint density at radius 3 is 1.88 bits per heavy atom. The SMILES string of the molecule is CC.CC1(C)c2ccccc2N(c2ccc3c(=O)c4ccccc4oc3c2)c2ccccc21. The highest BCUT2D eigenvalue weighted by Crippen LogP contribution is 2.51. The third kappa shape index (κ3) is 3.15. The normalized spacial score (nSPS) is 13.8. The van der Waals surface area contributed by atoms with Crippen molar-refractivity contribution >= 4 is 39.0 Å². The fourth-order valence-corrected chi connectivity index (χ4v) is 4.88. The van der Waals surface area contributed by atoms with Gasteiger partial charge in [-0.3, -0.25) is 4.79 Å². The molecule has 0 fully saturated rings. The van der Waals surface area contributed by atoms with Gasteiger partial charge in [0.1, 0.15) is 11.2 Å². The Hall–Kier alpha value is -3.85. The quantitative estimate of drug-likeness (QED) is 0.251. The maximum Gasteiger partial charge on any atom is 0.200 e. The van der Waals surface area contributed by atoms with Gasteiger partial charge in [-0.25, -0.2) is 0 Å². The molecule has 3 heteroatoms. The number of nitrogens with zero attached hydrogens (tertiary/aromatic N) is 1. The van der Waals surface area contributed by atoms with E-state index in [1.165, 1.54) is 11.1 Å². The number of anilines is 3. The highest BCUT2D eigenvalue weighted by atomic mass is 16.3. The van der Waals surface area contributed by atoms with Crippen molar-refractivity contribution in [3.63, 3.8) is 0 Å². The molecule has 6 rings (SSSR count). The van der Waals surface area contributed by atoms with Crippen LogP contribution in [0.4, 0.5) is 17.1 Å². The number of fused-ring (bicyclic) bond motifs is 4. The zero-order valence-corrected chi connectivity index (χ0v) is 19.4. The zero-order chi connectivity index (χ0) is 23.2. The first-order valence-electron chi connectivity index (χ1n) is 11.5. The van der Waals surface area contributed by atoms with Gasteiger partial charge in [0.25, 0.3) is 0 Å². The number of para-hydroxylation sites is 3. The van der Waals surface area contributed by atoms with Crippen molar-refractivity contribution in [2.45, 2.75) is 33.1 Å². The summed E-state index contributed by atoms with van der Waals surface area (Å²) in [5.41, 5.74) is 6.91. The summed E-state index contributed by atoms with van der Waals surface area (Å²) in [6.45, 7) is 8.54. The van der Waals surface area contributed by atoms with Crippen molar-refractivity contribution < 1.29 is 4.42 Å². The predicted octanol–water partition coefficient (Wildman–Crippen LogP) is 8.08. The van der Waals surface area contributed by atoms with Gasteiger partial charge < -0.3 is 9.32 Å².